The molecule has 0 unspecified atom stereocenters. The summed E-state index contributed by atoms with van der Waals surface area (Å²) in [5, 5.41) is 6.12. The van der Waals surface area contributed by atoms with Crippen molar-refractivity contribution in [2.24, 2.45) is 5.92 Å². The van der Waals surface area contributed by atoms with E-state index in [1.807, 2.05) is 73.0 Å². The molecule has 0 aliphatic carbocycles. The van der Waals surface area contributed by atoms with E-state index in [9.17, 15) is 4.79 Å². The second kappa shape index (κ2) is 8.28. The van der Waals surface area contributed by atoms with E-state index < -0.39 is 0 Å². The van der Waals surface area contributed by atoms with Gasteiger partial charge in [-0.25, -0.2) is 15.0 Å². The summed E-state index contributed by atoms with van der Waals surface area (Å²) in [5.74, 6) is 0.782. The third-order valence-corrected chi connectivity index (χ3v) is 6.15. The average Bonchev–Trinajstić information content (AvgIpc) is 3.20. The minimum Gasteiger partial charge on any atom is -0.355 e. The molecule has 1 N–H and O–H groups in total. The zero-order valence-corrected chi connectivity index (χ0v) is 17.8. The molecule has 1 fully saturated rings. The number of aromatic nitrogens is 3. The quantitative estimate of drug-likeness (QED) is 0.502. The molecule has 4 aromatic rings. The molecular weight excluding hydrogens is 406 g/mol. The number of rotatable bonds is 5. The Labute approximate surface area is 184 Å². The molecule has 7 heteroatoms. The van der Waals surface area contributed by atoms with Gasteiger partial charge in [-0.15, -0.1) is 11.3 Å². The van der Waals surface area contributed by atoms with Gasteiger partial charge in [-0.2, -0.15) is 0 Å². The van der Waals surface area contributed by atoms with Gasteiger partial charge in [-0.1, -0.05) is 48.5 Å². The maximum Gasteiger partial charge on any atom is 0.231 e. The van der Waals surface area contributed by atoms with E-state index in [2.05, 4.69) is 25.2 Å². The van der Waals surface area contributed by atoms with Crippen LogP contribution in [-0.2, 0) is 4.79 Å². The van der Waals surface area contributed by atoms with Crippen molar-refractivity contribution in [2.75, 3.05) is 23.3 Å². The van der Waals surface area contributed by atoms with E-state index in [0.717, 1.165) is 39.0 Å². The smallest absolute Gasteiger partial charge is 0.231 e. The van der Waals surface area contributed by atoms with Crippen molar-refractivity contribution in [3.05, 3.63) is 77.4 Å². The predicted octanol–water partition coefficient (Wildman–Crippen LogP) is 4.65. The fraction of sp³-hybridized carbons (Fsp3) is 0.167. The summed E-state index contributed by atoms with van der Waals surface area (Å²) in [4.78, 5) is 28.3. The Balaban J connectivity index is 1.26. The molecule has 0 spiro atoms. The summed E-state index contributed by atoms with van der Waals surface area (Å²) in [5.41, 5.74) is 4.56. The van der Waals surface area contributed by atoms with Crippen LogP contribution in [0, 0.1) is 12.8 Å². The molecule has 0 radical (unpaired) electrons. The van der Waals surface area contributed by atoms with E-state index in [-0.39, 0.29) is 11.8 Å². The Kier molecular flexibility index (Phi) is 5.18. The fourth-order valence-electron chi connectivity index (χ4n) is 3.66. The van der Waals surface area contributed by atoms with Gasteiger partial charge in [-0.05, 0) is 13.0 Å². The van der Waals surface area contributed by atoms with E-state index in [4.69, 9.17) is 0 Å². The number of nitrogens with zero attached hydrogens (tertiary/aromatic N) is 4. The van der Waals surface area contributed by atoms with Crippen molar-refractivity contribution in [1.82, 2.24) is 15.0 Å². The summed E-state index contributed by atoms with van der Waals surface area (Å²) >= 11 is 1.60. The second-order valence-corrected chi connectivity index (χ2v) is 8.58. The molecule has 0 bridgehead atoms. The van der Waals surface area contributed by atoms with Crippen molar-refractivity contribution in [2.45, 2.75) is 6.92 Å². The molecule has 0 atom stereocenters. The molecule has 0 saturated carbocycles. The van der Waals surface area contributed by atoms with Crippen molar-refractivity contribution in [1.29, 1.82) is 0 Å². The number of amides is 1. The van der Waals surface area contributed by atoms with Crippen molar-refractivity contribution < 1.29 is 4.79 Å². The highest BCUT2D eigenvalue weighted by molar-refractivity contribution is 7.09. The van der Waals surface area contributed by atoms with Crippen molar-refractivity contribution in [3.63, 3.8) is 0 Å². The molecule has 3 heterocycles. The summed E-state index contributed by atoms with van der Waals surface area (Å²) in [6, 6.07) is 19.8. The number of thiazole rings is 1. The average molecular weight is 428 g/mol. The van der Waals surface area contributed by atoms with Crippen LogP contribution in [0.15, 0.2) is 72.4 Å². The summed E-state index contributed by atoms with van der Waals surface area (Å²) in [6.07, 6.45) is 1.58. The first-order valence-electron chi connectivity index (χ1n) is 10.1. The molecule has 6 nitrogen and oxygen atoms in total. The summed E-state index contributed by atoms with van der Waals surface area (Å²) in [6.45, 7) is 3.25. The number of carbonyl (C=O) groups is 1. The number of hydrogen-bond donors (Lipinski definition) is 1. The number of carbonyl (C=O) groups excluding carboxylic acids is 1. The van der Waals surface area contributed by atoms with Crippen LogP contribution in [0.25, 0.3) is 22.5 Å². The van der Waals surface area contributed by atoms with Gasteiger partial charge in [0.1, 0.15) is 12.1 Å². The standard InChI is InChI=1S/C24H21N5OS/c1-16-27-22(14-31-16)19-9-5-6-10-20(19)28-24(30)18-12-29(13-18)23-11-21(25-15-26-23)17-7-3-2-4-8-17/h2-11,14-15,18H,12-13H2,1H3,(H,28,30). The van der Waals surface area contributed by atoms with E-state index in [0.29, 0.717) is 13.1 Å². The molecule has 31 heavy (non-hydrogen) atoms. The fourth-order valence-corrected chi connectivity index (χ4v) is 4.27. The highest BCUT2D eigenvalue weighted by Crippen LogP contribution is 2.31. The Morgan fingerprint density at radius 1 is 1.03 bits per heavy atom. The second-order valence-electron chi connectivity index (χ2n) is 7.52. The van der Waals surface area contributed by atoms with Gasteiger partial charge in [0.15, 0.2) is 0 Å². The molecule has 1 aliphatic rings. The normalized spacial score (nSPS) is 13.6. The highest BCUT2D eigenvalue weighted by Gasteiger charge is 2.34. The predicted molar refractivity (Wildman–Crippen MR) is 124 cm³/mol. The first-order valence-corrected chi connectivity index (χ1v) is 11.0. The summed E-state index contributed by atoms with van der Waals surface area (Å²) in [7, 11) is 0. The minimum atomic E-state index is -0.0830. The van der Waals surface area contributed by atoms with Gasteiger partial charge < -0.3 is 10.2 Å². The summed E-state index contributed by atoms with van der Waals surface area (Å²) < 4.78 is 0. The molecule has 1 aliphatic heterocycles. The van der Waals surface area contributed by atoms with E-state index in [1.54, 1.807) is 17.7 Å². The van der Waals surface area contributed by atoms with Gasteiger partial charge >= 0.3 is 0 Å². The van der Waals surface area contributed by atoms with Crippen LogP contribution < -0.4 is 10.2 Å². The van der Waals surface area contributed by atoms with Crippen molar-refractivity contribution >= 4 is 28.7 Å². The molecule has 5 rings (SSSR count). The Morgan fingerprint density at radius 3 is 2.58 bits per heavy atom. The Hall–Kier alpha value is -3.58. The van der Waals surface area contributed by atoms with E-state index in [1.165, 1.54) is 0 Å². The van der Waals surface area contributed by atoms with Crippen LogP contribution in [0.3, 0.4) is 0 Å². The monoisotopic (exact) mass is 427 g/mol. The Morgan fingerprint density at radius 2 is 1.81 bits per heavy atom. The SMILES string of the molecule is Cc1nc(-c2ccccc2NC(=O)C2CN(c3cc(-c4ccccc4)ncn3)C2)cs1. The van der Waals surface area contributed by atoms with Crippen LogP contribution in [0.5, 0.6) is 0 Å². The maximum absolute atomic E-state index is 12.9. The number of para-hydroxylation sites is 1. The zero-order valence-electron chi connectivity index (χ0n) is 17.0. The van der Waals surface area contributed by atoms with Gasteiger partial charge in [-0.3, -0.25) is 4.79 Å². The lowest BCUT2D eigenvalue weighted by Crippen LogP contribution is -2.52. The minimum absolute atomic E-state index is 0.0213. The number of hydrogen-bond acceptors (Lipinski definition) is 6. The zero-order chi connectivity index (χ0) is 21.2. The molecule has 2 aromatic carbocycles. The molecular formula is C24H21N5OS. The van der Waals surface area contributed by atoms with Crippen LogP contribution in [0.1, 0.15) is 5.01 Å². The van der Waals surface area contributed by atoms with Gasteiger partial charge in [0.2, 0.25) is 5.91 Å². The van der Waals surface area contributed by atoms with Crippen LogP contribution >= 0.6 is 11.3 Å². The number of nitrogens with one attached hydrogen (secondary N) is 1. The highest BCUT2D eigenvalue weighted by atomic mass is 32.1. The largest absolute Gasteiger partial charge is 0.355 e. The Bertz CT molecular complexity index is 1220. The number of aryl methyl sites for hydroxylation is 1. The molecule has 1 amide bonds. The third kappa shape index (κ3) is 4.04. The lowest BCUT2D eigenvalue weighted by Gasteiger charge is -2.39. The van der Waals surface area contributed by atoms with E-state index >= 15 is 0 Å². The van der Waals surface area contributed by atoms with Gasteiger partial charge in [0.05, 0.1) is 28.0 Å². The van der Waals surface area contributed by atoms with Gasteiger partial charge in [0, 0.05) is 35.7 Å². The first kappa shape index (κ1) is 19.4. The number of benzene rings is 2. The molecule has 154 valence electrons. The molecule has 2 aromatic heterocycles. The lowest BCUT2D eigenvalue weighted by molar-refractivity contribution is -0.120. The topological polar surface area (TPSA) is 71.0 Å². The van der Waals surface area contributed by atoms with Crippen LogP contribution in [0.2, 0.25) is 0 Å². The number of anilines is 2. The molecule has 1 saturated heterocycles. The lowest BCUT2D eigenvalue weighted by atomic mass is 9.98. The van der Waals surface area contributed by atoms with Gasteiger partial charge in [0.25, 0.3) is 0 Å². The van der Waals surface area contributed by atoms with Crippen molar-refractivity contribution in [3.8, 4) is 22.5 Å². The first-order chi connectivity index (χ1) is 15.2. The van der Waals surface area contributed by atoms with Crippen LogP contribution in [0.4, 0.5) is 11.5 Å². The van der Waals surface area contributed by atoms with Crippen LogP contribution in [-0.4, -0.2) is 33.9 Å². The maximum atomic E-state index is 12.9. The third-order valence-electron chi connectivity index (χ3n) is 5.38.